The zero-order chi connectivity index (χ0) is 14.2. The summed E-state index contributed by atoms with van der Waals surface area (Å²) in [5, 5.41) is -0.161. The first-order chi connectivity index (χ1) is 8.97. The molecule has 0 spiro atoms. The normalized spacial score (nSPS) is 12.7. The number of alkyl halides is 1. The molecule has 0 saturated carbocycles. The molecule has 1 atom stereocenters. The van der Waals surface area contributed by atoms with Gasteiger partial charge in [0.2, 0.25) is 0 Å². The number of hydrogen-bond acceptors (Lipinski definition) is 1. The molecular weight excluding hydrogens is 324 g/mol. The van der Waals surface area contributed by atoms with E-state index in [0.717, 1.165) is 22.2 Å². The highest BCUT2D eigenvalue weighted by Crippen LogP contribution is 2.39. The van der Waals surface area contributed by atoms with Gasteiger partial charge >= 0.3 is 0 Å². The molecule has 1 nitrogen and oxygen atoms in total. The monoisotopic (exact) mass is 340 g/mol. The second-order valence-corrected chi connectivity index (χ2v) is 6.11. The summed E-state index contributed by atoms with van der Waals surface area (Å²) >= 11 is 10.4. The summed E-state index contributed by atoms with van der Waals surface area (Å²) in [6.45, 7) is 8.41. The van der Waals surface area contributed by atoms with E-state index < -0.39 is 0 Å². The standard InChI is InChI=1S/C16H18BrClO/c1-5-13-12(6-7-19-13)16(18)14-9(2)8-10(3)15(17)11(14)4/h6-8,16H,5H2,1-4H3. The Kier molecular flexibility index (Phi) is 4.42. The van der Waals surface area contributed by atoms with Gasteiger partial charge in [-0.1, -0.05) is 28.9 Å². The number of halogens is 2. The fourth-order valence-corrected chi connectivity index (χ4v) is 3.44. The van der Waals surface area contributed by atoms with E-state index in [1.54, 1.807) is 6.26 Å². The second-order valence-electron chi connectivity index (χ2n) is 4.88. The van der Waals surface area contributed by atoms with Crippen LogP contribution in [0.15, 0.2) is 27.3 Å². The van der Waals surface area contributed by atoms with E-state index in [-0.39, 0.29) is 5.38 Å². The molecule has 0 aliphatic rings. The van der Waals surface area contributed by atoms with E-state index in [1.165, 1.54) is 22.3 Å². The molecular formula is C16H18BrClO. The van der Waals surface area contributed by atoms with E-state index >= 15 is 0 Å². The van der Waals surface area contributed by atoms with Gasteiger partial charge in [0.1, 0.15) is 5.76 Å². The molecule has 0 N–H and O–H groups in total. The Morgan fingerprint density at radius 2 is 1.95 bits per heavy atom. The third-order valence-corrected chi connectivity index (χ3v) is 5.24. The van der Waals surface area contributed by atoms with Gasteiger partial charge in [0.05, 0.1) is 11.6 Å². The average Bonchev–Trinajstić information content (AvgIpc) is 2.84. The lowest BCUT2D eigenvalue weighted by molar-refractivity contribution is 0.511. The van der Waals surface area contributed by atoms with Crippen LogP contribution in [0.1, 0.15) is 45.9 Å². The van der Waals surface area contributed by atoms with Gasteiger partial charge in [-0.15, -0.1) is 11.6 Å². The average molecular weight is 342 g/mol. The van der Waals surface area contributed by atoms with Gasteiger partial charge in [0, 0.05) is 16.5 Å². The predicted molar refractivity (Wildman–Crippen MR) is 84.1 cm³/mol. The summed E-state index contributed by atoms with van der Waals surface area (Å²) in [4.78, 5) is 0. The Morgan fingerprint density at radius 3 is 2.58 bits per heavy atom. The van der Waals surface area contributed by atoms with Crippen molar-refractivity contribution in [2.24, 2.45) is 0 Å². The Labute approximate surface area is 128 Å². The van der Waals surface area contributed by atoms with Gasteiger partial charge in [-0.05, 0) is 49.1 Å². The topological polar surface area (TPSA) is 13.1 Å². The largest absolute Gasteiger partial charge is 0.469 e. The van der Waals surface area contributed by atoms with Gasteiger partial charge in [0.25, 0.3) is 0 Å². The van der Waals surface area contributed by atoms with E-state index in [0.29, 0.717) is 0 Å². The molecule has 2 aromatic rings. The summed E-state index contributed by atoms with van der Waals surface area (Å²) < 4.78 is 6.63. The Morgan fingerprint density at radius 1 is 1.26 bits per heavy atom. The fraction of sp³-hybridized carbons (Fsp3) is 0.375. The lowest BCUT2D eigenvalue weighted by Crippen LogP contribution is -2.02. The van der Waals surface area contributed by atoms with Crippen LogP contribution in [0.25, 0.3) is 0 Å². The van der Waals surface area contributed by atoms with Crippen molar-refractivity contribution in [3.63, 3.8) is 0 Å². The number of hydrogen-bond donors (Lipinski definition) is 0. The minimum absolute atomic E-state index is 0.161. The van der Waals surface area contributed by atoms with Gasteiger partial charge in [-0.25, -0.2) is 0 Å². The zero-order valence-corrected chi connectivity index (χ0v) is 14.0. The number of rotatable bonds is 3. The Bertz CT molecular complexity index is 601. The van der Waals surface area contributed by atoms with Crippen molar-refractivity contribution in [1.29, 1.82) is 0 Å². The third kappa shape index (κ3) is 2.61. The van der Waals surface area contributed by atoms with Crippen LogP contribution in [-0.4, -0.2) is 0 Å². The van der Waals surface area contributed by atoms with Crippen molar-refractivity contribution in [2.75, 3.05) is 0 Å². The zero-order valence-electron chi connectivity index (χ0n) is 11.7. The highest BCUT2D eigenvalue weighted by atomic mass is 79.9. The molecule has 0 fully saturated rings. The SMILES string of the molecule is CCc1occc1C(Cl)c1c(C)cc(C)c(Br)c1C. The van der Waals surface area contributed by atoms with E-state index in [9.17, 15) is 0 Å². The van der Waals surface area contributed by atoms with Gasteiger partial charge < -0.3 is 4.42 Å². The molecule has 0 aliphatic carbocycles. The Balaban J connectivity index is 2.56. The molecule has 0 radical (unpaired) electrons. The maximum Gasteiger partial charge on any atom is 0.108 e. The first-order valence-electron chi connectivity index (χ1n) is 6.43. The van der Waals surface area contributed by atoms with Crippen LogP contribution in [0, 0.1) is 20.8 Å². The lowest BCUT2D eigenvalue weighted by atomic mass is 9.93. The van der Waals surface area contributed by atoms with Crippen molar-refractivity contribution in [2.45, 2.75) is 39.5 Å². The summed E-state index contributed by atoms with van der Waals surface area (Å²) in [6, 6.07) is 4.15. The van der Waals surface area contributed by atoms with Gasteiger partial charge in [-0.3, -0.25) is 0 Å². The fourth-order valence-electron chi connectivity index (χ4n) is 2.58. The maximum atomic E-state index is 6.71. The van der Waals surface area contributed by atoms with Crippen LogP contribution in [0.3, 0.4) is 0 Å². The Hall–Kier alpha value is -0.730. The third-order valence-electron chi connectivity index (χ3n) is 3.56. The molecule has 2 rings (SSSR count). The first kappa shape index (κ1) is 14.7. The summed E-state index contributed by atoms with van der Waals surface area (Å²) in [7, 11) is 0. The lowest BCUT2D eigenvalue weighted by Gasteiger charge is -2.18. The molecule has 1 unspecified atom stereocenters. The molecule has 1 heterocycles. The molecule has 1 aromatic heterocycles. The van der Waals surface area contributed by atoms with Crippen LogP contribution in [0.5, 0.6) is 0 Å². The summed E-state index contributed by atoms with van der Waals surface area (Å²) in [5.74, 6) is 0.968. The van der Waals surface area contributed by atoms with Crippen molar-refractivity contribution >= 4 is 27.5 Å². The molecule has 3 heteroatoms. The maximum absolute atomic E-state index is 6.71. The molecule has 0 aliphatic heterocycles. The predicted octanol–water partition coefficient (Wildman–Crippen LogP) is 5.86. The van der Waals surface area contributed by atoms with Crippen LogP contribution in [-0.2, 0) is 6.42 Å². The second kappa shape index (κ2) is 5.72. The molecule has 19 heavy (non-hydrogen) atoms. The highest BCUT2D eigenvalue weighted by molar-refractivity contribution is 9.10. The minimum Gasteiger partial charge on any atom is -0.469 e. The van der Waals surface area contributed by atoms with Crippen LogP contribution < -0.4 is 0 Å². The van der Waals surface area contributed by atoms with E-state index in [1.807, 2.05) is 6.07 Å². The smallest absolute Gasteiger partial charge is 0.108 e. The van der Waals surface area contributed by atoms with Crippen LogP contribution in [0.4, 0.5) is 0 Å². The molecule has 1 aromatic carbocycles. The van der Waals surface area contributed by atoms with Gasteiger partial charge in [0.15, 0.2) is 0 Å². The summed E-state index contributed by atoms with van der Waals surface area (Å²) in [6.07, 6.45) is 2.58. The molecule has 0 amide bonds. The summed E-state index contributed by atoms with van der Waals surface area (Å²) in [5.41, 5.74) is 5.93. The first-order valence-corrected chi connectivity index (χ1v) is 7.66. The quantitative estimate of drug-likeness (QED) is 0.637. The van der Waals surface area contributed by atoms with Crippen molar-refractivity contribution in [3.05, 3.63) is 56.4 Å². The molecule has 0 saturated heterocycles. The van der Waals surface area contributed by atoms with Crippen molar-refractivity contribution in [1.82, 2.24) is 0 Å². The highest BCUT2D eigenvalue weighted by Gasteiger charge is 2.21. The van der Waals surface area contributed by atoms with E-state index in [4.69, 9.17) is 16.0 Å². The van der Waals surface area contributed by atoms with Gasteiger partial charge in [-0.2, -0.15) is 0 Å². The van der Waals surface area contributed by atoms with Crippen molar-refractivity contribution in [3.8, 4) is 0 Å². The molecule has 0 bridgehead atoms. The number of benzene rings is 1. The molecule has 102 valence electrons. The van der Waals surface area contributed by atoms with Crippen molar-refractivity contribution < 1.29 is 4.42 Å². The number of furan rings is 1. The number of aryl methyl sites for hydroxylation is 3. The minimum atomic E-state index is -0.161. The van der Waals surface area contributed by atoms with E-state index in [2.05, 4.69) is 49.7 Å². The van der Waals surface area contributed by atoms with Crippen LogP contribution in [0.2, 0.25) is 0 Å². The van der Waals surface area contributed by atoms with Crippen LogP contribution >= 0.6 is 27.5 Å².